The highest BCUT2D eigenvalue weighted by atomic mass is 35.7. The van der Waals surface area contributed by atoms with Gasteiger partial charge in [0.2, 0.25) is 0 Å². The van der Waals surface area contributed by atoms with Gasteiger partial charge in [-0.15, -0.1) is 10.2 Å². The van der Waals surface area contributed by atoms with Crippen LogP contribution in [-0.2, 0) is 11.2 Å². The molecular formula is C43H35ClO6. The second-order valence-electron chi connectivity index (χ2n) is 12.4. The van der Waals surface area contributed by atoms with Gasteiger partial charge in [0.15, 0.2) is 0 Å². The van der Waals surface area contributed by atoms with Crippen LogP contribution in [0.25, 0.3) is 39.4 Å². The van der Waals surface area contributed by atoms with E-state index in [0.29, 0.717) is 0 Å². The normalized spacial score (nSPS) is 16.5. The first-order valence-corrected chi connectivity index (χ1v) is 18.0. The van der Waals surface area contributed by atoms with Crippen LogP contribution < -0.4 is 18.6 Å². The Hall–Kier alpha value is -5.08. The fourth-order valence-corrected chi connectivity index (χ4v) is 6.96. The third-order valence-corrected chi connectivity index (χ3v) is 9.14. The van der Waals surface area contributed by atoms with Gasteiger partial charge in [0.25, 0.3) is 0 Å². The maximum Gasteiger partial charge on any atom is 0.361 e. The molecule has 0 N–H and O–H groups in total. The van der Waals surface area contributed by atoms with Crippen LogP contribution in [0, 0.1) is 10.2 Å². The van der Waals surface area contributed by atoms with Gasteiger partial charge in [0.1, 0.15) is 11.5 Å². The van der Waals surface area contributed by atoms with Crippen molar-refractivity contribution >= 4 is 16.9 Å². The predicted molar refractivity (Wildman–Crippen MR) is 185 cm³/mol. The Balaban J connectivity index is 0.000000734. The SMILES string of the molecule is C1=C(c2ccccc2)OC2=C(/C=C3\CCCc4c(-c5ccccc5)cc(-c5ccccc5)[o+]c43)CCCC2=C1c1ccccc1.[O-][Cl+3]([O-])([O-])[O-]. The zero-order valence-electron chi connectivity index (χ0n) is 27.3. The van der Waals surface area contributed by atoms with Crippen LogP contribution in [0.5, 0.6) is 0 Å². The lowest BCUT2D eigenvalue weighted by Crippen LogP contribution is -2.68. The smallest absolute Gasteiger partial charge is 0.361 e. The molecule has 50 heavy (non-hydrogen) atoms. The summed E-state index contributed by atoms with van der Waals surface area (Å²) in [5.74, 6) is 3.84. The van der Waals surface area contributed by atoms with E-state index in [1.807, 2.05) is 0 Å². The fourth-order valence-electron chi connectivity index (χ4n) is 6.96. The lowest BCUT2D eigenvalue weighted by molar-refractivity contribution is -2.00. The summed E-state index contributed by atoms with van der Waals surface area (Å²) in [7, 11) is -4.94. The highest BCUT2D eigenvalue weighted by molar-refractivity contribution is 5.89. The number of hydrogen-bond donors (Lipinski definition) is 0. The highest BCUT2D eigenvalue weighted by Crippen LogP contribution is 2.46. The van der Waals surface area contributed by atoms with Crippen molar-refractivity contribution in [1.82, 2.24) is 0 Å². The van der Waals surface area contributed by atoms with Crippen LogP contribution >= 0.6 is 0 Å². The van der Waals surface area contributed by atoms with E-state index in [9.17, 15) is 0 Å². The Labute approximate surface area is 294 Å². The van der Waals surface area contributed by atoms with Crippen molar-refractivity contribution in [2.45, 2.75) is 38.5 Å². The number of rotatable bonds is 5. The van der Waals surface area contributed by atoms with E-state index in [4.69, 9.17) is 27.8 Å². The summed E-state index contributed by atoms with van der Waals surface area (Å²) in [6.45, 7) is 0. The highest BCUT2D eigenvalue weighted by Gasteiger charge is 2.33. The second-order valence-corrected chi connectivity index (χ2v) is 13.2. The minimum atomic E-state index is -4.94. The number of hydrogen-bond acceptors (Lipinski definition) is 5. The third-order valence-electron chi connectivity index (χ3n) is 9.14. The molecule has 8 rings (SSSR count). The molecule has 7 heteroatoms. The Kier molecular flexibility index (Phi) is 9.90. The van der Waals surface area contributed by atoms with Crippen LogP contribution in [0.4, 0.5) is 0 Å². The van der Waals surface area contributed by atoms with Gasteiger partial charge in [-0.25, -0.2) is 23.1 Å². The molecule has 0 fully saturated rings. The van der Waals surface area contributed by atoms with Gasteiger partial charge < -0.3 is 4.74 Å². The number of allylic oxidation sites excluding steroid dienone is 6. The molecule has 250 valence electrons. The summed E-state index contributed by atoms with van der Waals surface area (Å²) in [4.78, 5) is 0. The zero-order chi connectivity index (χ0) is 34.5. The van der Waals surface area contributed by atoms with E-state index in [0.717, 1.165) is 72.7 Å². The first kappa shape index (κ1) is 33.4. The van der Waals surface area contributed by atoms with Gasteiger partial charge in [-0.1, -0.05) is 109 Å². The van der Waals surface area contributed by atoms with Crippen LogP contribution in [0.15, 0.2) is 161 Å². The molecule has 0 spiro atoms. The summed E-state index contributed by atoms with van der Waals surface area (Å²) in [6, 6.07) is 44.7. The minimum Gasteiger partial charge on any atom is -0.456 e. The Bertz CT molecular complexity index is 2090. The zero-order valence-corrected chi connectivity index (χ0v) is 28.1. The summed E-state index contributed by atoms with van der Waals surface area (Å²) in [5, 5.41) is 0. The maximum atomic E-state index is 8.49. The molecule has 0 radical (unpaired) electrons. The van der Waals surface area contributed by atoms with E-state index in [1.165, 1.54) is 44.5 Å². The van der Waals surface area contributed by atoms with Crippen molar-refractivity contribution in [3.63, 3.8) is 0 Å². The molecule has 0 bridgehead atoms. The molecule has 2 aliphatic carbocycles. The molecule has 1 aromatic heterocycles. The average Bonchev–Trinajstić information content (AvgIpc) is 3.15. The van der Waals surface area contributed by atoms with Crippen LogP contribution in [0.1, 0.15) is 54.6 Å². The van der Waals surface area contributed by atoms with E-state index >= 15 is 0 Å². The fraction of sp³-hybridized carbons (Fsp3) is 0.140. The number of ether oxygens (including phenoxy) is 1. The van der Waals surface area contributed by atoms with Crippen molar-refractivity contribution < 1.29 is 38.0 Å². The van der Waals surface area contributed by atoms with Gasteiger partial charge in [-0.05, 0) is 85.1 Å². The second kappa shape index (κ2) is 14.8. The lowest BCUT2D eigenvalue weighted by atomic mass is 9.82. The predicted octanol–water partition coefficient (Wildman–Crippen LogP) is 6.82. The van der Waals surface area contributed by atoms with Crippen molar-refractivity contribution in [3.8, 4) is 22.5 Å². The monoisotopic (exact) mass is 682 g/mol. The Morgan fingerprint density at radius 2 is 1.14 bits per heavy atom. The summed E-state index contributed by atoms with van der Waals surface area (Å²) in [5.41, 5.74) is 12.3. The molecule has 0 saturated heterocycles. The number of benzene rings is 4. The summed E-state index contributed by atoms with van der Waals surface area (Å²) >= 11 is 0. The topological polar surface area (TPSA) is 113 Å². The van der Waals surface area contributed by atoms with Crippen LogP contribution in [0.3, 0.4) is 0 Å². The van der Waals surface area contributed by atoms with Crippen LogP contribution in [-0.4, -0.2) is 0 Å². The Morgan fingerprint density at radius 1 is 0.600 bits per heavy atom. The van der Waals surface area contributed by atoms with Gasteiger partial charge in [0, 0.05) is 16.7 Å². The molecule has 0 saturated carbocycles. The molecule has 5 aromatic rings. The van der Waals surface area contributed by atoms with Crippen molar-refractivity contribution in [3.05, 3.63) is 179 Å². The molecule has 0 amide bonds. The van der Waals surface area contributed by atoms with Gasteiger partial charge in [-0.2, -0.15) is 0 Å². The van der Waals surface area contributed by atoms with Gasteiger partial charge in [-0.3, -0.25) is 0 Å². The van der Waals surface area contributed by atoms with Crippen molar-refractivity contribution in [2.24, 2.45) is 0 Å². The number of fused-ring (bicyclic) bond motifs is 2. The largest absolute Gasteiger partial charge is 0.456 e. The van der Waals surface area contributed by atoms with Gasteiger partial charge in [0.05, 0.1) is 22.8 Å². The number of halogens is 1. The quantitative estimate of drug-likeness (QED) is 0.188. The molecule has 0 unspecified atom stereocenters. The maximum absolute atomic E-state index is 8.49. The van der Waals surface area contributed by atoms with Crippen LogP contribution in [0.2, 0.25) is 0 Å². The van der Waals surface area contributed by atoms with Crippen molar-refractivity contribution in [2.75, 3.05) is 0 Å². The molecule has 3 aliphatic rings. The molecular weight excluding hydrogens is 648 g/mol. The Morgan fingerprint density at radius 3 is 1.76 bits per heavy atom. The molecule has 0 atom stereocenters. The molecule has 1 aliphatic heterocycles. The standard InChI is InChI=1S/C43H35O2.ClHO4/c1-5-15-30(16-6-1)38-28-40(32-19-9-3-10-20-32)44-42-34(23-13-25-36(38)42)27-35-24-14-26-37-39(31-17-7-2-8-18-31)29-41(45-43(35)37)33-21-11-4-12-22-33;2-1(3,4)5/h1-12,15-22,27-29H,13-14,23-26H2;(H,2,3,4,5)/q+1;/p-1. The van der Waals surface area contributed by atoms with Crippen molar-refractivity contribution in [1.29, 1.82) is 0 Å². The summed E-state index contributed by atoms with van der Waals surface area (Å²) in [6.07, 6.45) is 10.8. The molecule has 4 aromatic carbocycles. The van der Waals surface area contributed by atoms with E-state index in [1.54, 1.807) is 0 Å². The van der Waals surface area contributed by atoms with E-state index in [-0.39, 0.29) is 0 Å². The third kappa shape index (κ3) is 7.71. The van der Waals surface area contributed by atoms with E-state index < -0.39 is 10.2 Å². The first-order chi connectivity index (χ1) is 24.3. The lowest BCUT2D eigenvalue weighted by Gasteiger charge is -2.29. The molecule has 2 heterocycles. The first-order valence-electron chi connectivity index (χ1n) is 16.7. The average molecular weight is 683 g/mol. The van der Waals surface area contributed by atoms with Gasteiger partial charge >= 0.3 is 11.5 Å². The summed E-state index contributed by atoms with van der Waals surface area (Å²) < 4.78 is 47.7. The molecule has 6 nitrogen and oxygen atoms in total. The minimum absolute atomic E-state index is 0.900. The van der Waals surface area contributed by atoms with E-state index in [2.05, 4.69) is 140 Å².